The molecule has 3 amide bonds. The number of hydrogen-bond donors (Lipinski definition) is 3. The first-order valence-corrected chi connectivity index (χ1v) is 8.19. The first-order chi connectivity index (χ1) is 12.2. The normalized spacial score (nSPS) is 18.1. The van der Waals surface area contributed by atoms with E-state index in [4.69, 9.17) is 0 Å². The number of rotatable bonds is 5. The molecule has 6 heteroatoms. The lowest BCUT2D eigenvalue weighted by atomic mass is 10.1. The Bertz CT molecular complexity index is 731. The van der Waals surface area contributed by atoms with Crippen LogP contribution in [0.15, 0.2) is 54.6 Å². The molecule has 25 heavy (non-hydrogen) atoms. The van der Waals surface area contributed by atoms with Crippen LogP contribution < -0.4 is 16.0 Å². The molecule has 1 aliphatic carbocycles. The van der Waals surface area contributed by atoms with E-state index in [1.807, 2.05) is 30.3 Å². The van der Waals surface area contributed by atoms with E-state index in [2.05, 4.69) is 32.8 Å². The minimum atomic E-state index is -0.511. The third-order valence-corrected chi connectivity index (χ3v) is 4.17. The molecule has 3 N–H and O–H groups in total. The second kappa shape index (κ2) is 7.70. The molecule has 1 saturated carbocycles. The standard InChI is InChI=1S/C19H21N3O3/c1-25-19(24)21-15-9-7-13(8-10-15)12-20-18(23)22-17-11-16(17)14-5-3-2-4-6-14/h2-10,16-17H,11-12H2,1H3,(H,21,24)(H2,20,22,23). The number of carbonyl (C=O) groups is 2. The maximum atomic E-state index is 12.0. The summed E-state index contributed by atoms with van der Waals surface area (Å²) in [5.74, 6) is 0.413. The van der Waals surface area contributed by atoms with Crippen LogP contribution in [-0.4, -0.2) is 25.3 Å². The molecule has 0 aromatic heterocycles. The maximum Gasteiger partial charge on any atom is 0.411 e. The van der Waals surface area contributed by atoms with Crippen molar-refractivity contribution in [2.45, 2.75) is 24.9 Å². The van der Waals surface area contributed by atoms with Gasteiger partial charge in [-0.2, -0.15) is 0 Å². The van der Waals surface area contributed by atoms with Crippen LogP contribution in [0.4, 0.5) is 15.3 Å². The fourth-order valence-electron chi connectivity index (χ4n) is 2.70. The monoisotopic (exact) mass is 339 g/mol. The number of nitrogens with one attached hydrogen (secondary N) is 3. The van der Waals surface area contributed by atoms with E-state index in [1.165, 1.54) is 12.7 Å². The van der Waals surface area contributed by atoms with Crippen LogP contribution in [0.2, 0.25) is 0 Å². The van der Waals surface area contributed by atoms with Crippen molar-refractivity contribution in [1.82, 2.24) is 10.6 Å². The summed E-state index contributed by atoms with van der Waals surface area (Å²) >= 11 is 0. The molecule has 1 aliphatic rings. The molecule has 0 bridgehead atoms. The molecular formula is C19H21N3O3. The van der Waals surface area contributed by atoms with Crippen molar-refractivity contribution in [3.05, 3.63) is 65.7 Å². The van der Waals surface area contributed by atoms with Crippen molar-refractivity contribution >= 4 is 17.8 Å². The lowest BCUT2D eigenvalue weighted by molar-refractivity contribution is 0.187. The van der Waals surface area contributed by atoms with Gasteiger partial charge in [0.2, 0.25) is 0 Å². The minimum absolute atomic E-state index is 0.166. The van der Waals surface area contributed by atoms with E-state index in [9.17, 15) is 9.59 Å². The minimum Gasteiger partial charge on any atom is -0.453 e. The van der Waals surface area contributed by atoms with E-state index in [0.29, 0.717) is 18.2 Å². The van der Waals surface area contributed by atoms with Gasteiger partial charge in [0.25, 0.3) is 0 Å². The SMILES string of the molecule is COC(=O)Nc1ccc(CNC(=O)NC2CC2c2ccccc2)cc1. The Morgan fingerprint density at radius 2 is 1.80 bits per heavy atom. The third-order valence-electron chi connectivity index (χ3n) is 4.17. The van der Waals surface area contributed by atoms with E-state index >= 15 is 0 Å². The molecule has 2 atom stereocenters. The summed E-state index contributed by atoms with van der Waals surface area (Å²) in [4.78, 5) is 23.1. The number of amides is 3. The van der Waals surface area contributed by atoms with Gasteiger partial charge >= 0.3 is 12.1 Å². The summed E-state index contributed by atoms with van der Waals surface area (Å²) in [7, 11) is 1.31. The number of carbonyl (C=O) groups excluding carboxylic acids is 2. The fraction of sp³-hybridized carbons (Fsp3) is 0.263. The highest BCUT2D eigenvalue weighted by atomic mass is 16.5. The zero-order chi connectivity index (χ0) is 17.6. The van der Waals surface area contributed by atoms with Crippen molar-refractivity contribution in [2.24, 2.45) is 0 Å². The lowest BCUT2D eigenvalue weighted by Crippen LogP contribution is -2.36. The summed E-state index contributed by atoms with van der Waals surface area (Å²) < 4.78 is 4.53. The van der Waals surface area contributed by atoms with Crippen LogP contribution >= 0.6 is 0 Å². The summed E-state index contributed by atoms with van der Waals surface area (Å²) in [6.07, 6.45) is 0.466. The highest BCUT2D eigenvalue weighted by Crippen LogP contribution is 2.40. The average Bonchev–Trinajstić information content (AvgIpc) is 3.41. The van der Waals surface area contributed by atoms with Gasteiger partial charge in [0.05, 0.1) is 7.11 Å². The topological polar surface area (TPSA) is 79.5 Å². The number of anilines is 1. The summed E-state index contributed by atoms with van der Waals surface area (Å²) in [5, 5.41) is 8.42. The van der Waals surface area contributed by atoms with Crippen molar-refractivity contribution in [3.8, 4) is 0 Å². The molecule has 0 aliphatic heterocycles. The predicted molar refractivity (Wildman–Crippen MR) is 95.4 cm³/mol. The molecule has 6 nitrogen and oxygen atoms in total. The Hall–Kier alpha value is -3.02. The summed E-state index contributed by atoms with van der Waals surface area (Å²) in [5.41, 5.74) is 2.85. The van der Waals surface area contributed by atoms with Gasteiger partial charge < -0.3 is 15.4 Å². The Balaban J connectivity index is 1.41. The van der Waals surface area contributed by atoms with Gasteiger partial charge in [-0.3, -0.25) is 5.32 Å². The largest absolute Gasteiger partial charge is 0.453 e. The number of urea groups is 1. The molecule has 3 rings (SSSR count). The van der Waals surface area contributed by atoms with E-state index < -0.39 is 6.09 Å². The summed E-state index contributed by atoms with van der Waals surface area (Å²) in [6.45, 7) is 0.424. The summed E-state index contributed by atoms with van der Waals surface area (Å²) in [6, 6.07) is 17.5. The molecule has 0 heterocycles. The highest BCUT2D eigenvalue weighted by molar-refractivity contribution is 5.84. The highest BCUT2D eigenvalue weighted by Gasteiger charge is 2.39. The molecule has 0 radical (unpaired) electrons. The van der Waals surface area contributed by atoms with Crippen molar-refractivity contribution < 1.29 is 14.3 Å². The van der Waals surface area contributed by atoms with Crippen LogP contribution in [0.25, 0.3) is 0 Å². The molecule has 2 aromatic carbocycles. The Morgan fingerprint density at radius 3 is 2.48 bits per heavy atom. The van der Waals surface area contributed by atoms with Gasteiger partial charge in [0.15, 0.2) is 0 Å². The fourth-order valence-corrected chi connectivity index (χ4v) is 2.70. The molecule has 2 unspecified atom stereocenters. The third kappa shape index (κ3) is 4.73. The molecule has 130 valence electrons. The Labute approximate surface area is 146 Å². The average molecular weight is 339 g/mol. The first-order valence-electron chi connectivity index (χ1n) is 8.19. The number of methoxy groups -OCH3 is 1. The van der Waals surface area contributed by atoms with Crippen LogP contribution in [0.3, 0.4) is 0 Å². The zero-order valence-electron chi connectivity index (χ0n) is 14.0. The number of ether oxygens (including phenoxy) is 1. The molecule has 0 spiro atoms. The van der Waals surface area contributed by atoms with Crippen molar-refractivity contribution in [1.29, 1.82) is 0 Å². The van der Waals surface area contributed by atoms with E-state index in [0.717, 1.165) is 12.0 Å². The van der Waals surface area contributed by atoms with Gasteiger partial charge in [0, 0.05) is 24.2 Å². The lowest BCUT2D eigenvalue weighted by Gasteiger charge is -2.09. The predicted octanol–water partition coefficient (Wildman–Crippen LogP) is 3.22. The molecular weight excluding hydrogens is 318 g/mol. The van der Waals surface area contributed by atoms with E-state index in [-0.39, 0.29) is 12.1 Å². The van der Waals surface area contributed by atoms with Crippen LogP contribution in [-0.2, 0) is 11.3 Å². The number of benzene rings is 2. The molecule has 1 fully saturated rings. The second-order valence-electron chi connectivity index (χ2n) is 6.00. The Morgan fingerprint density at radius 1 is 1.08 bits per heavy atom. The van der Waals surface area contributed by atoms with Crippen molar-refractivity contribution in [2.75, 3.05) is 12.4 Å². The first kappa shape index (κ1) is 16.8. The smallest absolute Gasteiger partial charge is 0.411 e. The van der Waals surface area contributed by atoms with E-state index in [1.54, 1.807) is 12.1 Å². The van der Waals surface area contributed by atoms with Crippen LogP contribution in [0, 0.1) is 0 Å². The van der Waals surface area contributed by atoms with Gasteiger partial charge in [-0.1, -0.05) is 42.5 Å². The molecule has 2 aromatic rings. The van der Waals surface area contributed by atoms with Gasteiger partial charge in [0.1, 0.15) is 0 Å². The van der Waals surface area contributed by atoms with Crippen LogP contribution in [0.5, 0.6) is 0 Å². The van der Waals surface area contributed by atoms with Crippen molar-refractivity contribution in [3.63, 3.8) is 0 Å². The molecule has 0 saturated heterocycles. The Kier molecular flexibility index (Phi) is 5.18. The van der Waals surface area contributed by atoms with Gasteiger partial charge in [-0.15, -0.1) is 0 Å². The number of hydrogen-bond acceptors (Lipinski definition) is 3. The van der Waals surface area contributed by atoms with Gasteiger partial charge in [-0.05, 0) is 29.7 Å². The second-order valence-corrected chi connectivity index (χ2v) is 6.00. The zero-order valence-corrected chi connectivity index (χ0v) is 14.0. The quantitative estimate of drug-likeness (QED) is 0.782. The maximum absolute atomic E-state index is 12.0. The van der Waals surface area contributed by atoms with Crippen LogP contribution in [0.1, 0.15) is 23.5 Å². The van der Waals surface area contributed by atoms with Gasteiger partial charge in [-0.25, -0.2) is 9.59 Å².